The Labute approximate surface area is 158 Å². The van der Waals surface area contributed by atoms with Crippen molar-refractivity contribution in [3.05, 3.63) is 60.3 Å². The van der Waals surface area contributed by atoms with E-state index in [1.807, 2.05) is 6.08 Å². The van der Waals surface area contributed by atoms with E-state index in [2.05, 4.69) is 70.7 Å². The van der Waals surface area contributed by atoms with E-state index in [1.165, 1.54) is 62.5 Å². The maximum Gasteiger partial charge on any atom is 0.00206 e. The molecule has 0 aromatic rings. The molecule has 0 rings (SSSR count). The van der Waals surface area contributed by atoms with Gasteiger partial charge in [0.1, 0.15) is 0 Å². The molecule has 0 heteroatoms. The van der Waals surface area contributed by atoms with Crippen LogP contribution in [0.1, 0.15) is 91.9 Å². The molecule has 0 bridgehead atoms. The van der Waals surface area contributed by atoms with Crippen LogP contribution in [0.4, 0.5) is 0 Å². The van der Waals surface area contributed by atoms with Crippen molar-refractivity contribution < 1.29 is 0 Å². The minimum absolute atomic E-state index is 0.528. The summed E-state index contributed by atoms with van der Waals surface area (Å²) in [6.07, 6.45) is 28.2. The van der Waals surface area contributed by atoms with Crippen molar-refractivity contribution in [2.24, 2.45) is 5.92 Å². The van der Waals surface area contributed by atoms with Crippen molar-refractivity contribution in [2.45, 2.75) is 91.9 Å². The third kappa shape index (κ3) is 11.8. The second-order valence-corrected chi connectivity index (χ2v) is 6.79. The van der Waals surface area contributed by atoms with Gasteiger partial charge in [-0.3, -0.25) is 0 Å². The van der Waals surface area contributed by atoms with Crippen molar-refractivity contribution >= 4 is 0 Å². The topological polar surface area (TPSA) is 0 Å². The highest BCUT2D eigenvalue weighted by Gasteiger charge is 2.12. The fraction of sp³-hybridized carbons (Fsp3) is 0.600. The van der Waals surface area contributed by atoms with Gasteiger partial charge < -0.3 is 0 Å². The third-order valence-corrected chi connectivity index (χ3v) is 4.40. The van der Waals surface area contributed by atoms with Gasteiger partial charge in [0.25, 0.3) is 0 Å². The van der Waals surface area contributed by atoms with Crippen molar-refractivity contribution in [3.8, 4) is 0 Å². The van der Waals surface area contributed by atoms with Crippen LogP contribution in [0.5, 0.6) is 0 Å². The molecule has 0 fully saturated rings. The molecule has 0 saturated heterocycles. The van der Waals surface area contributed by atoms with E-state index in [9.17, 15) is 0 Å². The van der Waals surface area contributed by atoms with E-state index in [0.717, 1.165) is 12.8 Å². The lowest BCUT2D eigenvalue weighted by Crippen LogP contribution is -2.03. The SMILES string of the molecule is C=CCC(C=CCCCC)=C(C=CCC)C(C=CCCC)CCCC. The van der Waals surface area contributed by atoms with Crippen LogP contribution in [0, 0.1) is 5.92 Å². The van der Waals surface area contributed by atoms with Crippen LogP contribution in [0.25, 0.3) is 0 Å². The second kappa shape index (κ2) is 17.5. The molecule has 0 aromatic carbocycles. The Morgan fingerprint density at radius 2 is 1.60 bits per heavy atom. The van der Waals surface area contributed by atoms with E-state index in [1.54, 1.807) is 0 Å². The highest BCUT2D eigenvalue weighted by molar-refractivity contribution is 5.38. The molecule has 0 saturated carbocycles. The highest BCUT2D eigenvalue weighted by atomic mass is 14.2. The molecule has 0 N–H and O–H groups in total. The Morgan fingerprint density at radius 3 is 2.20 bits per heavy atom. The standard InChI is InChI=1S/C25H42/c1-6-11-15-17-21-23(18-10-5)25(22-14-9-4)24(19-13-8-3)20-16-12-7-2/h10,14,16-17,20-22,24H,5-9,11-13,15,18-19H2,1-4H3. The normalized spacial score (nSPS) is 14.6. The van der Waals surface area contributed by atoms with Crippen LogP contribution in [-0.2, 0) is 0 Å². The molecule has 0 radical (unpaired) electrons. The number of allylic oxidation sites excluding steroid dienone is 9. The zero-order valence-corrected chi connectivity index (χ0v) is 17.4. The molecule has 1 unspecified atom stereocenters. The average molecular weight is 343 g/mol. The molecule has 0 spiro atoms. The predicted molar refractivity (Wildman–Crippen MR) is 117 cm³/mol. The summed E-state index contributed by atoms with van der Waals surface area (Å²) in [5, 5.41) is 0. The van der Waals surface area contributed by atoms with Gasteiger partial charge in [-0.2, -0.15) is 0 Å². The van der Waals surface area contributed by atoms with Crippen LogP contribution >= 0.6 is 0 Å². The molecule has 0 nitrogen and oxygen atoms in total. The Hall–Kier alpha value is -1.30. The van der Waals surface area contributed by atoms with Gasteiger partial charge >= 0.3 is 0 Å². The molecule has 1 atom stereocenters. The molecule has 142 valence electrons. The fourth-order valence-electron chi connectivity index (χ4n) is 2.91. The molecular formula is C25H42. The van der Waals surface area contributed by atoms with E-state index in [4.69, 9.17) is 0 Å². The Morgan fingerprint density at radius 1 is 0.840 bits per heavy atom. The van der Waals surface area contributed by atoms with Crippen LogP contribution in [0.3, 0.4) is 0 Å². The molecule has 0 aliphatic rings. The van der Waals surface area contributed by atoms with Crippen LogP contribution in [-0.4, -0.2) is 0 Å². The minimum atomic E-state index is 0.528. The van der Waals surface area contributed by atoms with Gasteiger partial charge in [-0.25, -0.2) is 0 Å². The zero-order valence-electron chi connectivity index (χ0n) is 17.4. The fourth-order valence-corrected chi connectivity index (χ4v) is 2.91. The van der Waals surface area contributed by atoms with Gasteiger partial charge in [0.2, 0.25) is 0 Å². The Balaban J connectivity index is 5.70. The highest BCUT2D eigenvalue weighted by Crippen LogP contribution is 2.27. The first-order chi connectivity index (χ1) is 12.2. The lowest BCUT2D eigenvalue weighted by Gasteiger charge is -2.18. The number of unbranched alkanes of at least 4 members (excludes halogenated alkanes) is 4. The molecule has 0 aliphatic carbocycles. The Kier molecular flexibility index (Phi) is 16.6. The van der Waals surface area contributed by atoms with Crippen LogP contribution < -0.4 is 0 Å². The summed E-state index contributed by atoms with van der Waals surface area (Å²) in [6, 6.07) is 0. The smallest absolute Gasteiger partial charge is 0.00206 e. The van der Waals surface area contributed by atoms with Crippen molar-refractivity contribution in [2.75, 3.05) is 0 Å². The summed E-state index contributed by atoms with van der Waals surface area (Å²) in [6.45, 7) is 13.0. The van der Waals surface area contributed by atoms with E-state index >= 15 is 0 Å². The average Bonchev–Trinajstić information content (AvgIpc) is 2.62. The van der Waals surface area contributed by atoms with Gasteiger partial charge in [0, 0.05) is 5.92 Å². The van der Waals surface area contributed by atoms with E-state index in [0.29, 0.717) is 5.92 Å². The number of rotatable bonds is 15. The van der Waals surface area contributed by atoms with Crippen molar-refractivity contribution in [1.29, 1.82) is 0 Å². The van der Waals surface area contributed by atoms with Crippen LogP contribution in [0.15, 0.2) is 60.3 Å². The molecule has 0 aliphatic heterocycles. The Bertz CT molecular complexity index is 431. The predicted octanol–water partition coefficient (Wildman–Crippen LogP) is 8.73. The van der Waals surface area contributed by atoms with Gasteiger partial charge in [-0.1, -0.05) is 102 Å². The maximum atomic E-state index is 3.99. The first-order valence-electron chi connectivity index (χ1n) is 10.6. The maximum absolute atomic E-state index is 3.99. The molecule has 0 aromatic heterocycles. The first-order valence-corrected chi connectivity index (χ1v) is 10.6. The van der Waals surface area contributed by atoms with E-state index in [-0.39, 0.29) is 0 Å². The van der Waals surface area contributed by atoms with Crippen molar-refractivity contribution in [1.82, 2.24) is 0 Å². The molecular weight excluding hydrogens is 300 g/mol. The lowest BCUT2D eigenvalue weighted by molar-refractivity contribution is 0.621. The first kappa shape index (κ1) is 23.7. The summed E-state index contributed by atoms with van der Waals surface area (Å²) in [5.74, 6) is 0.528. The summed E-state index contributed by atoms with van der Waals surface area (Å²) >= 11 is 0. The second-order valence-electron chi connectivity index (χ2n) is 6.79. The summed E-state index contributed by atoms with van der Waals surface area (Å²) in [7, 11) is 0. The van der Waals surface area contributed by atoms with Gasteiger partial charge in [0.15, 0.2) is 0 Å². The van der Waals surface area contributed by atoms with Crippen molar-refractivity contribution in [3.63, 3.8) is 0 Å². The summed E-state index contributed by atoms with van der Waals surface area (Å²) in [5.41, 5.74) is 2.94. The molecule has 0 heterocycles. The number of hydrogen-bond donors (Lipinski definition) is 0. The van der Waals surface area contributed by atoms with Gasteiger partial charge in [-0.05, 0) is 43.3 Å². The quantitative estimate of drug-likeness (QED) is 0.158. The number of hydrogen-bond acceptors (Lipinski definition) is 0. The minimum Gasteiger partial charge on any atom is -0.103 e. The largest absolute Gasteiger partial charge is 0.103 e. The van der Waals surface area contributed by atoms with Crippen LogP contribution in [0.2, 0.25) is 0 Å². The van der Waals surface area contributed by atoms with Gasteiger partial charge in [0.05, 0.1) is 0 Å². The monoisotopic (exact) mass is 342 g/mol. The van der Waals surface area contributed by atoms with E-state index < -0.39 is 0 Å². The molecule has 0 amide bonds. The van der Waals surface area contributed by atoms with Gasteiger partial charge in [-0.15, -0.1) is 6.58 Å². The lowest BCUT2D eigenvalue weighted by atomic mass is 9.87. The zero-order chi connectivity index (χ0) is 18.8. The summed E-state index contributed by atoms with van der Waals surface area (Å²) in [4.78, 5) is 0. The molecule has 25 heavy (non-hydrogen) atoms. The third-order valence-electron chi connectivity index (χ3n) is 4.40. The summed E-state index contributed by atoms with van der Waals surface area (Å²) < 4.78 is 0.